The zero-order valence-corrected chi connectivity index (χ0v) is 15.1. The van der Waals surface area contributed by atoms with Crippen LogP contribution in [0.25, 0.3) is 0 Å². The number of anilines is 2. The van der Waals surface area contributed by atoms with Gasteiger partial charge in [-0.1, -0.05) is 0 Å². The average molecular weight is 356 g/mol. The first-order valence-electron chi connectivity index (χ1n) is 8.48. The minimum Gasteiger partial charge on any atom is -0.497 e. The second-order valence-electron chi connectivity index (χ2n) is 5.76. The van der Waals surface area contributed by atoms with Gasteiger partial charge in [-0.25, -0.2) is 0 Å². The van der Waals surface area contributed by atoms with Gasteiger partial charge in [0.25, 0.3) is 0 Å². The van der Waals surface area contributed by atoms with E-state index in [2.05, 4.69) is 10.6 Å². The third-order valence-electron chi connectivity index (χ3n) is 3.81. The number of amides is 2. The molecule has 0 saturated heterocycles. The fourth-order valence-corrected chi connectivity index (χ4v) is 2.37. The highest BCUT2D eigenvalue weighted by Gasteiger charge is 2.06. The molecule has 0 heterocycles. The lowest BCUT2D eigenvalue weighted by molar-refractivity contribution is -0.118. The summed E-state index contributed by atoms with van der Waals surface area (Å²) in [5.41, 5.74) is 1.46. The lowest BCUT2D eigenvalue weighted by atomic mass is 10.1. The number of benzene rings is 2. The van der Waals surface area contributed by atoms with Gasteiger partial charge in [0.15, 0.2) is 0 Å². The molecule has 0 spiro atoms. The van der Waals surface area contributed by atoms with Gasteiger partial charge in [0.1, 0.15) is 11.5 Å². The van der Waals surface area contributed by atoms with Gasteiger partial charge < -0.3 is 20.1 Å². The molecule has 2 amide bonds. The zero-order chi connectivity index (χ0) is 18.8. The molecule has 0 radical (unpaired) electrons. The fraction of sp³-hybridized carbons (Fsp3) is 0.300. The monoisotopic (exact) mass is 356 g/mol. The van der Waals surface area contributed by atoms with Crippen molar-refractivity contribution in [2.75, 3.05) is 24.9 Å². The Morgan fingerprint density at radius 2 is 1.04 bits per heavy atom. The lowest BCUT2D eigenvalue weighted by Crippen LogP contribution is -2.13. The molecule has 0 saturated carbocycles. The van der Waals surface area contributed by atoms with Crippen molar-refractivity contribution >= 4 is 23.2 Å². The Labute approximate surface area is 153 Å². The van der Waals surface area contributed by atoms with Gasteiger partial charge in [0, 0.05) is 24.2 Å². The summed E-state index contributed by atoms with van der Waals surface area (Å²) in [6, 6.07) is 14.3. The topological polar surface area (TPSA) is 76.7 Å². The first-order valence-corrected chi connectivity index (χ1v) is 8.48. The number of nitrogens with one attached hydrogen (secondary N) is 2. The Morgan fingerprint density at radius 3 is 1.35 bits per heavy atom. The smallest absolute Gasteiger partial charge is 0.224 e. The molecular formula is C20H24N2O4. The normalized spacial score (nSPS) is 10.1. The van der Waals surface area contributed by atoms with Gasteiger partial charge in [-0.05, 0) is 61.4 Å². The number of carbonyl (C=O) groups excluding carboxylic acids is 2. The van der Waals surface area contributed by atoms with Crippen molar-refractivity contribution in [1.82, 2.24) is 0 Å². The summed E-state index contributed by atoms with van der Waals surface area (Å²) in [5.74, 6) is 1.35. The van der Waals surface area contributed by atoms with E-state index in [-0.39, 0.29) is 11.8 Å². The van der Waals surface area contributed by atoms with Crippen LogP contribution in [0.1, 0.15) is 25.7 Å². The maximum absolute atomic E-state index is 11.9. The van der Waals surface area contributed by atoms with E-state index < -0.39 is 0 Å². The SMILES string of the molecule is COc1ccc(NC(=O)CCCCC(=O)Nc2ccc(OC)cc2)cc1. The van der Waals surface area contributed by atoms with E-state index in [4.69, 9.17) is 9.47 Å². The number of rotatable bonds is 9. The fourth-order valence-electron chi connectivity index (χ4n) is 2.37. The summed E-state index contributed by atoms with van der Waals surface area (Å²) in [6.45, 7) is 0. The van der Waals surface area contributed by atoms with E-state index in [0.717, 1.165) is 22.9 Å². The molecule has 138 valence electrons. The molecule has 0 aliphatic rings. The number of methoxy groups -OCH3 is 2. The van der Waals surface area contributed by atoms with Gasteiger partial charge in [-0.3, -0.25) is 9.59 Å². The largest absolute Gasteiger partial charge is 0.497 e. The summed E-state index contributed by atoms with van der Waals surface area (Å²) >= 11 is 0. The van der Waals surface area contributed by atoms with Gasteiger partial charge >= 0.3 is 0 Å². The predicted octanol–water partition coefficient (Wildman–Crippen LogP) is 3.84. The summed E-state index contributed by atoms with van der Waals surface area (Å²) in [7, 11) is 3.19. The number of carbonyl (C=O) groups is 2. The molecule has 6 heteroatoms. The van der Waals surface area contributed by atoms with Crippen LogP contribution in [0.5, 0.6) is 11.5 Å². The molecule has 26 heavy (non-hydrogen) atoms. The first kappa shape index (κ1) is 19.3. The molecule has 6 nitrogen and oxygen atoms in total. The number of unbranched alkanes of at least 4 members (excludes halogenated alkanes) is 1. The molecule has 0 aliphatic heterocycles. The van der Waals surface area contributed by atoms with Crippen molar-refractivity contribution in [3.05, 3.63) is 48.5 Å². The predicted molar refractivity (Wildman–Crippen MR) is 102 cm³/mol. The maximum Gasteiger partial charge on any atom is 0.224 e. The molecule has 0 unspecified atom stereocenters. The van der Waals surface area contributed by atoms with Crippen molar-refractivity contribution < 1.29 is 19.1 Å². The lowest BCUT2D eigenvalue weighted by Gasteiger charge is -2.07. The van der Waals surface area contributed by atoms with E-state index >= 15 is 0 Å². The molecule has 2 rings (SSSR count). The second kappa shape index (κ2) is 10.1. The van der Waals surface area contributed by atoms with Crippen LogP contribution < -0.4 is 20.1 Å². The summed E-state index contributed by atoms with van der Waals surface area (Å²) in [4.78, 5) is 23.8. The van der Waals surface area contributed by atoms with Crippen molar-refractivity contribution in [2.24, 2.45) is 0 Å². The Morgan fingerprint density at radius 1 is 0.692 bits per heavy atom. The standard InChI is InChI=1S/C20H24N2O4/c1-25-17-11-7-15(8-12-17)21-19(23)5-3-4-6-20(24)22-16-9-13-18(26-2)14-10-16/h7-14H,3-6H2,1-2H3,(H,21,23)(H,22,24). The van der Waals surface area contributed by atoms with Gasteiger partial charge in [-0.15, -0.1) is 0 Å². The minimum atomic E-state index is -0.0641. The highest BCUT2D eigenvalue weighted by molar-refractivity contribution is 5.91. The van der Waals surface area contributed by atoms with E-state index in [1.54, 1.807) is 62.8 Å². The quantitative estimate of drug-likeness (QED) is 0.669. The van der Waals surface area contributed by atoms with Crippen molar-refractivity contribution in [3.8, 4) is 11.5 Å². The molecule has 0 fully saturated rings. The van der Waals surface area contributed by atoms with Crippen LogP contribution in [-0.4, -0.2) is 26.0 Å². The Bertz CT molecular complexity index is 648. The third-order valence-corrected chi connectivity index (χ3v) is 3.81. The van der Waals surface area contributed by atoms with Crippen molar-refractivity contribution in [2.45, 2.75) is 25.7 Å². The van der Waals surface area contributed by atoms with E-state index in [9.17, 15) is 9.59 Å². The second-order valence-corrected chi connectivity index (χ2v) is 5.76. The van der Waals surface area contributed by atoms with E-state index in [1.807, 2.05) is 0 Å². The van der Waals surface area contributed by atoms with E-state index in [1.165, 1.54) is 0 Å². The summed E-state index contributed by atoms with van der Waals surface area (Å²) < 4.78 is 10.1. The van der Waals surface area contributed by atoms with E-state index in [0.29, 0.717) is 25.7 Å². The Balaban J connectivity index is 1.63. The van der Waals surface area contributed by atoms with Gasteiger partial charge in [-0.2, -0.15) is 0 Å². The third kappa shape index (κ3) is 6.47. The van der Waals surface area contributed by atoms with Crippen LogP contribution in [0.3, 0.4) is 0 Å². The van der Waals surface area contributed by atoms with Crippen LogP contribution in [-0.2, 0) is 9.59 Å². The molecule has 0 bridgehead atoms. The van der Waals surface area contributed by atoms with Crippen molar-refractivity contribution in [1.29, 1.82) is 0 Å². The molecule has 2 aromatic carbocycles. The number of ether oxygens (including phenoxy) is 2. The molecule has 0 atom stereocenters. The maximum atomic E-state index is 11.9. The van der Waals surface area contributed by atoms with Crippen LogP contribution in [0.4, 0.5) is 11.4 Å². The van der Waals surface area contributed by atoms with Gasteiger partial charge in [0.2, 0.25) is 11.8 Å². The summed E-state index contributed by atoms with van der Waals surface area (Å²) in [5, 5.41) is 5.65. The van der Waals surface area contributed by atoms with Crippen LogP contribution in [0.2, 0.25) is 0 Å². The van der Waals surface area contributed by atoms with Crippen molar-refractivity contribution in [3.63, 3.8) is 0 Å². The molecular weight excluding hydrogens is 332 g/mol. The molecule has 0 aliphatic carbocycles. The highest BCUT2D eigenvalue weighted by Crippen LogP contribution is 2.17. The number of hydrogen-bond acceptors (Lipinski definition) is 4. The first-order chi connectivity index (χ1) is 12.6. The van der Waals surface area contributed by atoms with Crippen LogP contribution in [0.15, 0.2) is 48.5 Å². The highest BCUT2D eigenvalue weighted by atomic mass is 16.5. The number of hydrogen-bond donors (Lipinski definition) is 2. The molecule has 2 N–H and O–H groups in total. The average Bonchev–Trinajstić information content (AvgIpc) is 2.66. The Kier molecular flexibility index (Phi) is 7.49. The zero-order valence-electron chi connectivity index (χ0n) is 15.1. The summed E-state index contributed by atoms with van der Waals surface area (Å²) in [6.07, 6.45) is 2.06. The molecule has 0 aromatic heterocycles. The minimum absolute atomic E-state index is 0.0641. The van der Waals surface area contributed by atoms with Crippen LogP contribution in [0, 0.1) is 0 Å². The van der Waals surface area contributed by atoms with Gasteiger partial charge in [0.05, 0.1) is 14.2 Å². The van der Waals surface area contributed by atoms with Crippen LogP contribution >= 0.6 is 0 Å². The Hall–Kier alpha value is -3.02. The molecule has 2 aromatic rings.